The summed E-state index contributed by atoms with van der Waals surface area (Å²) in [4.78, 5) is 12.1. The third-order valence-electron chi connectivity index (χ3n) is 5.93. The van der Waals surface area contributed by atoms with Crippen molar-refractivity contribution >= 4 is 32.3 Å². The Balaban J connectivity index is 1.68. The second kappa shape index (κ2) is 8.74. The molecule has 0 saturated heterocycles. The zero-order chi connectivity index (χ0) is 24.7. The van der Waals surface area contributed by atoms with Crippen molar-refractivity contribution in [2.24, 2.45) is 0 Å². The predicted molar refractivity (Wildman–Crippen MR) is 137 cm³/mol. The molecular weight excluding hydrogens is 462 g/mol. The molecule has 0 unspecified atom stereocenters. The van der Waals surface area contributed by atoms with Crippen LogP contribution in [0.25, 0.3) is 16.5 Å². The minimum atomic E-state index is -3.82. The summed E-state index contributed by atoms with van der Waals surface area (Å²) in [6, 6.07) is 20.9. The number of fused-ring (bicyclic) bond motifs is 3. The van der Waals surface area contributed by atoms with Crippen LogP contribution in [-0.2, 0) is 10.0 Å². The highest BCUT2D eigenvalue weighted by Gasteiger charge is 2.31. The summed E-state index contributed by atoms with van der Waals surface area (Å²) < 4.78 is 39.9. The Labute approximate surface area is 204 Å². The van der Waals surface area contributed by atoms with E-state index in [1.807, 2.05) is 51.1 Å². The molecule has 7 heteroatoms. The van der Waals surface area contributed by atoms with Crippen molar-refractivity contribution in [3.63, 3.8) is 0 Å². The van der Waals surface area contributed by atoms with Gasteiger partial charge in [0.1, 0.15) is 11.3 Å². The number of aryl methyl sites for hydroxylation is 1. The maximum atomic E-state index is 13.6. The van der Waals surface area contributed by atoms with E-state index in [2.05, 4.69) is 0 Å². The van der Waals surface area contributed by atoms with Crippen molar-refractivity contribution in [2.75, 3.05) is 10.8 Å². The molecule has 0 aliphatic carbocycles. The van der Waals surface area contributed by atoms with Gasteiger partial charge in [-0.05, 0) is 74.4 Å². The molecule has 0 saturated carbocycles. The van der Waals surface area contributed by atoms with Gasteiger partial charge in [0.05, 0.1) is 23.2 Å². The SMILES string of the molecule is Cc1ccc(S(=O)(=O)N2CC=C(c3ccc(OC(C)C)cc3)c3c2ccc2oc(=O)ccc32)cc1. The van der Waals surface area contributed by atoms with Crippen LogP contribution in [0.4, 0.5) is 5.69 Å². The van der Waals surface area contributed by atoms with E-state index in [-0.39, 0.29) is 17.5 Å². The molecule has 0 atom stereocenters. The van der Waals surface area contributed by atoms with Crippen molar-refractivity contribution in [2.45, 2.75) is 31.8 Å². The molecule has 1 aliphatic heterocycles. The zero-order valence-corrected chi connectivity index (χ0v) is 20.5. The van der Waals surface area contributed by atoms with Gasteiger partial charge in [0.25, 0.3) is 10.0 Å². The first-order chi connectivity index (χ1) is 16.7. The average molecular weight is 488 g/mol. The predicted octanol–water partition coefficient (Wildman–Crippen LogP) is 5.53. The fourth-order valence-corrected chi connectivity index (χ4v) is 5.73. The number of benzene rings is 3. The molecule has 0 spiro atoms. The molecular formula is C28H25NO5S. The second-order valence-corrected chi connectivity index (χ2v) is 10.6. The molecule has 4 aromatic rings. The largest absolute Gasteiger partial charge is 0.491 e. The van der Waals surface area contributed by atoms with Crippen molar-refractivity contribution in [1.29, 1.82) is 0 Å². The third kappa shape index (κ3) is 4.23. The van der Waals surface area contributed by atoms with Crippen LogP contribution < -0.4 is 14.7 Å². The molecule has 5 rings (SSSR count). The van der Waals surface area contributed by atoms with Crippen LogP contribution in [0.2, 0.25) is 0 Å². The van der Waals surface area contributed by atoms with Crippen molar-refractivity contribution < 1.29 is 17.6 Å². The van der Waals surface area contributed by atoms with Gasteiger partial charge in [-0.2, -0.15) is 0 Å². The lowest BCUT2D eigenvalue weighted by molar-refractivity contribution is 0.242. The van der Waals surface area contributed by atoms with E-state index in [1.165, 1.54) is 10.4 Å². The molecule has 35 heavy (non-hydrogen) atoms. The number of hydrogen-bond donors (Lipinski definition) is 0. The van der Waals surface area contributed by atoms with E-state index in [0.29, 0.717) is 22.2 Å². The zero-order valence-electron chi connectivity index (χ0n) is 19.7. The molecule has 1 aromatic heterocycles. The van der Waals surface area contributed by atoms with E-state index in [1.54, 1.807) is 42.5 Å². The van der Waals surface area contributed by atoms with Crippen LogP contribution in [0.5, 0.6) is 5.75 Å². The Morgan fingerprint density at radius 3 is 2.31 bits per heavy atom. The normalized spacial score (nSPS) is 13.6. The van der Waals surface area contributed by atoms with Crippen LogP contribution in [0, 0.1) is 6.92 Å². The molecule has 3 aromatic carbocycles. The molecule has 178 valence electrons. The highest BCUT2D eigenvalue weighted by molar-refractivity contribution is 7.92. The maximum absolute atomic E-state index is 13.6. The minimum Gasteiger partial charge on any atom is -0.491 e. The lowest BCUT2D eigenvalue weighted by atomic mass is 9.91. The number of rotatable bonds is 5. The van der Waals surface area contributed by atoms with Crippen LogP contribution in [0.1, 0.15) is 30.5 Å². The van der Waals surface area contributed by atoms with E-state index in [0.717, 1.165) is 22.4 Å². The van der Waals surface area contributed by atoms with Gasteiger partial charge in [-0.15, -0.1) is 0 Å². The number of ether oxygens (including phenoxy) is 1. The van der Waals surface area contributed by atoms with Gasteiger partial charge >= 0.3 is 5.63 Å². The maximum Gasteiger partial charge on any atom is 0.336 e. The highest BCUT2D eigenvalue weighted by Crippen LogP contribution is 2.42. The van der Waals surface area contributed by atoms with E-state index < -0.39 is 15.6 Å². The van der Waals surface area contributed by atoms with E-state index in [4.69, 9.17) is 9.15 Å². The first-order valence-electron chi connectivity index (χ1n) is 11.4. The minimum absolute atomic E-state index is 0.0582. The number of sulfonamides is 1. The van der Waals surface area contributed by atoms with Crippen molar-refractivity contribution in [3.8, 4) is 5.75 Å². The molecule has 6 nitrogen and oxygen atoms in total. The van der Waals surface area contributed by atoms with E-state index >= 15 is 0 Å². The Kier molecular flexibility index (Phi) is 5.73. The topological polar surface area (TPSA) is 76.8 Å². The summed E-state index contributed by atoms with van der Waals surface area (Å²) >= 11 is 0. The summed E-state index contributed by atoms with van der Waals surface area (Å²) in [5, 5.41) is 0.666. The molecule has 0 N–H and O–H groups in total. The van der Waals surface area contributed by atoms with Crippen LogP contribution in [0.15, 0.2) is 93.0 Å². The van der Waals surface area contributed by atoms with Gasteiger partial charge in [-0.1, -0.05) is 35.9 Å². The van der Waals surface area contributed by atoms with Crippen molar-refractivity contribution in [3.05, 3.63) is 106 Å². The Morgan fingerprint density at radius 1 is 0.914 bits per heavy atom. The Bertz CT molecular complexity index is 1600. The smallest absolute Gasteiger partial charge is 0.336 e. The first-order valence-corrected chi connectivity index (χ1v) is 12.8. The van der Waals surface area contributed by atoms with Gasteiger partial charge in [0.15, 0.2) is 0 Å². The molecule has 1 aliphatic rings. The molecule has 2 heterocycles. The van der Waals surface area contributed by atoms with Gasteiger partial charge in [-0.25, -0.2) is 13.2 Å². The number of hydrogen-bond acceptors (Lipinski definition) is 5. The first kappa shape index (κ1) is 22.9. The summed E-state index contributed by atoms with van der Waals surface area (Å²) in [6.45, 7) is 6.03. The number of nitrogens with zero attached hydrogens (tertiary/aromatic N) is 1. The monoisotopic (exact) mass is 487 g/mol. The third-order valence-corrected chi connectivity index (χ3v) is 7.72. The summed E-state index contributed by atoms with van der Waals surface area (Å²) in [6.07, 6.45) is 1.96. The van der Waals surface area contributed by atoms with Crippen LogP contribution in [-0.4, -0.2) is 21.1 Å². The van der Waals surface area contributed by atoms with Crippen LogP contribution in [0.3, 0.4) is 0 Å². The summed E-state index contributed by atoms with van der Waals surface area (Å²) in [5.41, 5.74) is 3.93. The summed E-state index contributed by atoms with van der Waals surface area (Å²) in [5.74, 6) is 0.757. The molecule has 0 fully saturated rings. The van der Waals surface area contributed by atoms with Gasteiger partial charge in [0, 0.05) is 17.0 Å². The Morgan fingerprint density at radius 2 is 1.63 bits per heavy atom. The number of anilines is 1. The molecule has 0 amide bonds. The fourth-order valence-electron chi connectivity index (χ4n) is 4.32. The summed E-state index contributed by atoms with van der Waals surface area (Å²) in [7, 11) is -3.82. The van der Waals surface area contributed by atoms with E-state index in [9.17, 15) is 13.2 Å². The lowest BCUT2D eigenvalue weighted by Gasteiger charge is -2.31. The lowest BCUT2D eigenvalue weighted by Crippen LogP contribution is -2.34. The highest BCUT2D eigenvalue weighted by atomic mass is 32.2. The van der Waals surface area contributed by atoms with Gasteiger partial charge in [-0.3, -0.25) is 4.31 Å². The quantitative estimate of drug-likeness (QED) is 0.346. The van der Waals surface area contributed by atoms with Gasteiger partial charge in [0.2, 0.25) is 0 Å². The average Bonchev–Trinajstić information content (AvgIpc) is 2.83. The van der Waals surface area contributed by atoms with Crippen LogP contribution >= 0.6 is 0 Å². The molecule has 0 radical (unpaired) electrons. The molecule has 0 bridgehead atoms. The Hall–Kier alpha value is -3.84. The van der Waals surface area contributed by atoms with Crippen molar-refractivity contribution in [1.82, 2.24) is 0 Å². The standard InChI is InChI=1S/C28H25NO5S/c1-18(2)33-21-8-6-20(7-9-21)23-16-17-29(35(31,32)22-10-4-19(3)5-11-22)25-13-14-26-24(28(23)25)12-15-27(30)34-26/h4-16,18H,17H2,1-3H3. The second-order valence-electron chi connectivity index (χ2n) is 8.78. The van der Waals surface area contributed by atoms with Gasteiger partial charge < -0.3 is 9.15 Å². The fraction of sp³-hybridized carbons (Fsp3) is 0.179.